The number of esters is 1. The highest BCUT2D eigenvalue weighted by Crippen LogP contribution is 2.43. The average molecular weight is 491 g/mol. The van der Waals surface area contributed by atoms with Crippen molar-refractivity contribution < 1.29 is 23.8 Å². The Bertz CT molecular complexity index is 1180. The number of aryl methyl sites for hydroxylation is 1. The Labute approximate surface area is 213 Å². The van der Waals surface area contributed by atoms with Gasteiger partial charge in [0.25, 0.3) is 0 Å². The molecule has 2 aromatic carbocycles. The van der Waals surface area contributed by atoms with Crippen LogP contribution in [0.25, 0.3) is 5.57 Å². The number of carbonyl (C=O) groups excluding carboxylic acids is 2. The van der Waals surface area contributed by atoms with E-state index in [4.69, 9.17) is 4.74 Å². The maximum atomic E-state index is 13.7. The molecule has 36 heavy (non-hydrogen) atoms. The molecule has 1 saturated carbocycles. The Morgan fingerprint density at radius 3 is 2.36 bits per heavy atom. The molecule has 2 aromatic rings. The van der Waals surface area contributed by atoms with E-state index in [0.717, 1.165) is 46.3 Å². The van der Waals surface area contributed by atoms with E-state index in [-0.39, 0.29) is 18.7 Å². The molecule has 1 aliphatic carbocycles. The van der Waals surface area contributed by atoms with Gasteiger partial charge in [-0.3, -0.25) is 9.59 Å². The molecule has 1 aliphatic rings. The van der Waals surface area contributed by atoms with Crippen LogP contribution in [-0.2, 0) is 14.3 Å². The van der Waals surface area contributed by atoms with Crippen molar-refractivity contribution in [1.29, 1.82) is 0 Å². The molecule has 4 nitrogen and oxygen atoms in total. The van der Waals surface area contributed by atoms with E-state index < -0.39 is 23.5 Å². The lowest BCUT2D eigenvalue weighted by Gasteiger charge is -2.19. The van der Waals surface area contributed by atoms with Crippen molar-refractivity contribution >= 4 is 17.3 Å². The van der Waals surface area contributed by atoms with Gasteiger partial charge < -0.3 is 9.84 Å². The maximum absolute atomic E-state index is 13.7. The van der Waals surface area contributed by atoms with Crippen LogP contribution in [0.1, 0.15) is 63.1 Å². The summed E-state index contributed by atoms with van der Waals surface area (Å²) in [6, 6.07) is 14.3. The first-order valence-electron chi connectivity index (χ1n) is 12.3. The summed E-state index contributed by atoms with van der Waals surface area (Å²) in [6.45, 7) is 11.6. The Hall–Kier alpha value is -3.31. The second kappa shape index (κ2) is 11.6. The molecule has 5 heteroatoms. The van der Waals surface area contributed by atoms with Crippen LogP contribution in [0, 0.1) is 18.7 Å². The van der Waals surface area contributed by atoms with Crippen LogP contribution in [0.15, 0.2) is 78.4 Å². The minimum atomic E-state index is -1.08. The molecular weight excluding hydrogens is 455 g/mol. The second-order valence-electron chi connectivity index (χ2n) is 10.3. The number of benzene rings is 2. The third-order valence-corrected chi connectivity index (χ3v) is 5.92. The van der Waals surface area contributed by atoms with Gasteiger partial charge in [0.15, 0.2) is 0 Å². The van der Waals surface area contributed by atoms with Gasteiger partial charge in [0.1, 0.15) is 23.6 Å². The van der Waals surface area contributed by atoms with Crippen molar-refractivity contribution in [2.75, 3.05) is 0 Å². The SMILES string of the molecule is C=C(C(/C=C/C(O)CC(=O)CC(=O)OC(C)(C)C)=C(/c1ccc(F)cc1)c1ccccc1C)C1CC1. The quantitative estimate of drug-likeness (QED) is 0.234. The zero-order chi connectivity index (χ0) is 26.5. The smallest absolute Gasteiger partial charge is 0.313 e. The summed E-state index contributed by atoms with van der Waals surface area (Å²) in [6.07, 6.45) is 3.79. The van der Waals surface area contributed by atoms with Crippen LogP contribution >= 0.6 is 0 Å². The average Bonchev–Trinajstić information content (AvgIpc) is 3.62. The van der Waals surface area contributed by atoms with Crippen molar-refractivity contribution in [3.63, 3.8) is 0 Å². The number of hydrogen-bond acceptors (Lipinski definition) is 4. The third kappa shape index (κ3) is 7.85. The van der Waals surface area contributed by atoms with Gasteiger partial charge in [0, 0.05) is 6.42 Å². The fraction of sp³-hybridized carbons (Fsp3) is 0.355. The number of ketones is 1. The standard InChI is InChI=1S/C31H35FO4/c1-20-8-6-7-9-27(20)30(23-12-14-24(32)15-13-23)28(21(2)22-10-11-22)17-16-25(33)18-26(34)19-29(35)36-31(3,4)5/h6-9,12-17,22,25,33H,2,10-11,18-19H2,1,3-5H3/b17-16+,30-28-. The van der Waals surface area contributed by atoms with E-state index in [1.807, 2.05) is 31.2 Å². The molecule has 1 N–H and O–H groups in total. The van der Waals surface area contributed by atoms with Crippen LogP contribution in [0.3, 0.4) is 0 Å². The number of carbonyl (C=O) groups is 2. The van der Waals surface area contributed by atoms with Crippen molar-refractivity contribution in [3.05, 3.63) is 101 Å². The van der Waals surface area contributed by atoms with Gasteiger partial charge >= 0.3 is 5.97 Å². The molecule has 1 fully saturated rings. The number of hydrogen-bond donors (Lipinski definition) is 1. The van der Waals surface area contributed by atoms with Crippen molar-refractivity contribution in [3.8, 4) is 0 Å². The molecule has 1 unspecified atom stereocenters. The number of rotatable bonds is 10. The third-order valence-electron chi connectivity index (χ3n) is 5.92. The zero-order valence-corrected chi connectivity index (χ0v) is 21.5. The van der Waals surface area contributed by atoms with Gasteiger partial charge in [-0.15, -0.1) is 0 Å². The summed E-state index contributed by atoms with van der Waals surface area (Å²) in [5.74, 6) is -0.981. The highest BCUT2D eigenvalue weighted by molar-refractivity contribution is 5.96. The zero-order valence-electron chi connectivity index (χ0n) is 21.5. The summed E-state index contributed by atoms with van der Waals surface area (Å²) in [5.41, 5.74) is 4.89. The van der Waals surface area contributed by atoms with E-state index in [1.165, 1.54) is 12.1 Å². The second-order valence-corrected chi connectivity index (χ2v) is 10.3. The molecule has 0 amide bonds. The van der Waals surface area contributed by atoms with Gasteiger partial charge in [-0.25, -0.2) is 4.39 Å². The van der Waals surface area contributed by atoms with Gasteiger partial charge in [-0.05, 0) is 92.0 Å². The molecule has 3 rings (SSSR count). The predicted molar refractivity (Wildman–Crippen MR) is 141 cm³/mol. The highest BCUT2D eigenvalue weighted by atomic mass is 19.1. The van der Waals surface area contributed by atoms with Crippen LogP contribution in [0.5, 0.6) is 0 Å². The van der Waals surface area contributed by atoms with Crippen LogP contribution in [0.2, 0.25) is 0 Å². The molecule has 0 saturated heterocycles. The van der Waals surface area contributed by atoms with Crippen LogP contribution in [0.4, 0.5) is 4.39 Å². The first kappa shape index (κ1) is 27.3. The maximum Gasteiger partial charge on any atom is 0.313 e. The van der Waals surface area contributed by atoms with E-state index >= 15 is 0 Å². The number of aliphatic hydroxyl groups is 1. The molecule has 0 heterocycles. The number of halogens is 1. The topological polar surface area (TPSA) is 63.6 Å². The minimum Gasteiger partial charge on any atom is -0.460 e. The predicted octanol–water partition coefficient (Wildman–Crippen LogP) is 6.51. The van der Waals surface area contributed by atoms with Gasteiger partial charge in [0.2, 0.25) is 0 Å². The number of ether oxygens (including phenoxy) is 1. The molecule has 0 aromatic heterocycles. The lowest BCUT2D eigenvalue weighted by molar-refractivity contribution is -0.156. The summed E-state index contributed by atoms with van der Waals surface area (Å²) in [7, 11) is 0. The fourth-order valence-corrected chi connectivity index (χ4v) is 4.05. The molecule has 190 valence electrons. The lowest BCUT2D eigenvalue weighted by atomic mass is 9.86. The lowest BCUT2D eigenvalue weighted by Crippen LogP contribution is -2.26. The summed E-state index contributed by atoms with van der Waals surface area (Å²) in [4.78, 5) is 24.3. The van der Waals surface area contributed by atoms with Crippen LogP contribution < -0.4 is 0 Å². The van der Waals surface area contributed by atoms with Crippen molar-refractivity contribution in [1.82, 2.24) is 0 Å². The fourth-order valence-electron chi connectivity index (χ4n) is 4.05. The van der Waals surface area contributed by atoms with E-state index in [1.54, 1.807) is 45.1 Å². The van der Waals surface area contributed by atoms with Gasteiger partial charge in [-0.2, -0.15) is 0 Å². The Balaban J connectivity index is 1.94. The van der Waals surface area contributed by atoms with E-state index in [2.05, 4.69) is 6.58 Å². The highest BCUT2D eigenvalue weighted by Gasteiger charge is 2.28. The van der Waals surface area contributed by atoms with Crippen molar-refractivity contribution in [2.45, 2.75) is 65.1 Å². The summed E-state index contributed by atoms with van der Waals surface area (Å²) in [5, 5.41) is 10.6. The summed E-state index contributed by atoms with van der Waals surface area (Å²) < 4.78 is 18.9. The Morgan fingerprint density at radius 2 is 1.78 bits per heavy atom. The largest absolute Gasteiger partial charge is 0.460 e. The van der Waals surface area contributed by atoms with E-state index in [9.17, 15) is 19.1 Å². The number of aliphatic hydroxyl groups excluding tert-OH is 1. The number of Topliss-reactive ketones (excluding diaryl/α,β-unsaturated/α-hetero) is 1. The minimum absolute atomic E-state index is 0.199. The molecule has 0 spiro atoms. The van der Waals surface area contributed by atoms with Gasteiger partial charge in [-0.1, -0.05) is 55.1 Å². The number of allylic oxidation sites excluding steroid dienone is 3. The Morgan fingerprint density at radius 1 is 1.14 bits per heavy atom. The first-order chi connectivity index (χ1) is 16.9. The molecule has 0 aliphatic heterocycles. The van der Waals surface area contributed by atoms with Crippen LogP contribution in [-0.4, -0.2) is 28.6 Å². The molecule has 1 atom stereocenters. The van der Waals surface area contributed by atoms with Crippen molar-refractivity contribution in [2.24, 2.45) is 5.92 Å². The molecular formula is C31H35FO4. The monoisotopic (exact) mass is 490 g/mol. The summed E-state index contributed by atoms with van der Waals surface area (Å²) >= 11 is 0. The molecule has 0 radical (unpaired) electrons. The Kier molecular flexibility index (Phi) is 8.80. The first-order valence-corrected chi connectivity index (χ1v) is 12.3. The normalized spacial score (nSPS) is 15.4. The van der Waals surface area contributed by atoms with E-state index in [0.29, 0.717) is 5.92 Å². The molecule has 0 bridgehead atoms. The van der Waals surface area contributed by atoms with Gasteiger partial charge in [0.05, 0.1) is 6.10 Å².